The Morgan fingerprint density at radius 3 is 2.71 bits per heavy atom. The first-order chi connectivity index (χ1) is 8.22. The van der Waals surface area contributed by atoms with E-state index < -0.39 is 5.91 Å². The number of primary amides is 1. The van der Waals surface area contributed by atoms with Crippen LogP contribution in [0.5, 0.6) is 0 Å². The fourth-order valence-electron chi connectivity index (χ4n) is 1.55. The van der Waals surface area contributed by atoms with E-state index in [-0.39, 0.29) is 12.2 Å². The smallest absolute Gasteiger partial charge is 0.267 e. The van der Waals surface area contributed by atoms with E-state index in [1.54, 1.807) is 6.07 Å². The van der Waals surface area contributed by atoms with Gasteiger partial charge in [0, 0.05) is 5.56 Å². The summed E-state index contributed by atoms with van der Waals surface area (Å²) in [6.45, 7) is 0.00507. The normalized spacial score (nSPS) is 9.82. The predicted octanol–water partition coefficient (Wildman–Crippen LogP) is 1.17. The van der Waals surface area contributed by atoms with Gasteiger partial charge >= 0.3 is 0 Å². The minimum Gasteiger partial charge on any atom is -0.364 e. The number of nitriles is 1. The standard InChI is InChI=1S/C12H10N4O/c13-6-7-16-11(12(14)17)8-10(15-16)9-4-2-1-3-5-9/h1-5,8H,7H2,(H2,14,17). The van der Waals surface area contributed by atoms with Gasteiger partial charge in [-0.3, -0.25) is 4.79 Å². The summed E-state index contributed by atoms with van der Waals surface area (Å²) in [4.78, 5) is 11.2. The van der Waals surface area contributed by atoms with Crippen LogP contribution in [0.2, 0.25) is 0 Å². The molecule has 0 saturated carbocycles. The molecule has 1 heterocycles. The summed E-state index contributed by atoms with van der Waals surface area (Å²) in [5.74, 6) is -0.588. The van der Waals surface area contributed by atoms with Crippen LogP contribution in [0.1, 0.15) is 10.5 Å². The molecule has 0 aliphatic rings. The van der Waals surface area contributed by atoms with Crippen molar-refractivity contribution in [3.05, 3.63) is 42.1 Å². The lowest BCUT2D eigenvalue weighted by Gasteiger charge is -1.97. The average molecular weight is 226 g/mol. The second-order valence-electron chi connectivity index (χ2n) is 3.46. The van der Waals surface area contributed by atoms with Crippen molar-refractivity contribution in [1.82, 2.24) is 9.78 Å². The van der Waals surface area contributed by atoms with Crippen molar-refractivity contribution in [3.8, 4) is 17.3 Å². The van der Waals surface area contributed by atoms with Crippen molar-refractivity contribution in [2.75, 3.05) is 0 Å². The van der Waals surface area contributed by atoms with E-state index in [1.165, 1.54) is 4.68 Å². The highest BCUT2D eigenvalue weighted by atomic mass is 16.1. The van der Waals surface area contributed by atoms with Gasteiger partial charge in [-0.05, 0) is 6.07 Å². The molecule has 2 aromatic rings. The minimum absolute atomic E-state index is 0.00507. The number of hydrogen-bond acceptors (Lipinski definition) is 3. The molecule has 1 aromatic carbocycles. The molecule has 1 amide bonds. The Hall–Kier alpha value is -2.61. The second-order valence-corrected chi connectivity index (χ2v) is 3.46. The Morgan fingerprint density at radius 1 is 1.41 bits per heavy atom. The maximum absolute atomic E-state index is 11.2. The summed E-state index contributed by atoms with van der Waals surface area (Å²) >= 11 is 0. The third kappa shape index (κ3) is 2.16. The summed E-state index contributed by atoms with van der Waals surface area (Å²) in [6.07, 6.45) is 0. The van der Waals surface area contributed by atoms with Gasteiger partial charge in [-0.15, -0.1) is 0 Å². The second kappa shape index (κ2) is 4.49. The minimum atomic E-state index is -0.588. The van der Waals surface area contributed by atoms with Crippen molar-refractivity contribution in [2.45, 2.75) is 6.54 Å². The van der Waals surface area contributed by atoms with Crippen LogP contribution in [0.15, 0.2) is 36.4 Å². The van der Waals surface area contributed by atoms with E-state index in [2.05, 4.69) is 5.10 Å². The fraction of sp³-hybridized carbons (Fsp3) is 0.0833. The van der Waals surface area contributed by atoms with Gasteiger partial charge in [0.2, 0.25) is 0 Å². The summed E-state index contributed by atoms with van der Waals surface area (Å²) in [5, 5.41) is 12.8. The van der Waals surface area contributed by atoms with Crippen molar-refractivity contribution in [3.63, 3.8) is 0 Å². The Morgan fingerprint density at radius 2 is 2.12 bits per heavy atom. The lowest BCUT2D eigenvalue weighted by atomic mass is 10.1. The average Bonchev–Trinajstić information content (AvgIpc) is 2.75. The molecule has 0 atom stereocenters. The number of carbonyl (C=O) groups is 1. The van der Waals surface area contributed by atoms with Gasteiger partial charge in [-0.1, -0.05) is 30.3 Å². The van der Waals surface area contributed by atoms with E-state index in [0.717, 1.165) is 5.56 Å². The molecule has 0 spiro atoms. The monoisotopic (exact) mass is 226 g/mol. The van der Waals surface area contributed by atoms with E-state index in [1.807, 2.05) is 36.4 Å². The number of amides is 1. The van der Waals surface area contributed by atoms with Gasteiger partial charge in [0.05, 0.1) is 11.8 Å². The van der Waals surface area contributed by atoms with Crippen LogP contribution in [-0.2, 0) is 6.54 Å². The lowest BCUT2D eigenvalue weighted by molar-refractivity contribution is 0.0991. The number of carbonyl (C=O) groups excluding carboxylic acids is 1. The first kappa shape index (κ1) is 10.9. The predicted molar refractivity (Wildman–Crippen MR) is 61.8 cm³/mol. The summed E-state index contributed by atoms with van der Waals surface area (Å²) in [7, 11) is 0. The van der Waals surface area contributed by atoms with Crippen LogP contribution in [0, 0.1) is 11.3 Å². The zero-order valence-corrected chi connectivity index (χ0v) is 9.00. The molecule has 84 valence electrons. The molecule has 0 bridgehead atoms. The van der Waals surface area contributed by atoms with E-state index in [9.17, 15) is 4.79 Å². The largest absolute Gasteiger partial charge is 0.364 e. The number of nitrogens with zero attached hydrogens (tertiary/aromatic N) is 3. The highest BCUT2D eigenvalue weighted by Crippen LogP contribution is 2.18. The number of rotatable bonds is 3. The Kier molecular flexibility index (Phi) is 2.88. The van der Waals surface area contributed by atoms with Gasteiger partial charge < -0.3 is 5.73 Å². The molecule has 0 aliphatic carbocycles. The quantitative estimate of drug-likeness (QED) is 0.852. The molecule has 0 fully saturated rings. The molecule has 0 saturated heterocycles. The molecule has 5 nitrogen and oxygen atoms in total. The van der Waals surface area contributed by atoms with Crippen molar-refractivity contribution in [1.29, 1.82) is 5.26 Å². The first-order valence-corrected chi connectivity index (χ1v) is 5.02. The van der Waals surface area contributed by atoms with E-state index >= 15 is 0 Å². The maximum Gasteiger partial charge on any atom is 0.267 e. The Balaban J connectivity index is 2.48. The highest BCUT2D eigenvalue weighted by molar-refractivity contribution is 5.92. The van der Waals surface area contributed by atoms with Gasteiger partial charge in [0.1, 0.15) is 12.2 Å². The van der Waals surface area contributed by atoms with Crippen LogP contribution < -0.4 is 5.73 Å². The molecule has 17 heavy (non-hydrogen) atoms. The Bertz CT molecular complexity index is 580. The van der Waals surface area contributed by atoms with Crippen molar-refractivity contribution >= 4 is 5.91 Å². The molecule has 0 unspecified atom stereocenters. The molecule has 5 heteroatoms. The Labute approximate surface area is 98.1 Å². The number of hydrogen-bond donors (Lipinski definition) is 1. The van der Waals surface area contributed by atoms with Crippen molar-refractivity contribution in [2.24, 2.45) is 5.73 Å². The molecule has 0 aliphatic heterocycles. The van der Waals surface area contributed by atoms with Gasteiger partial charge in [0.15, 0.2) is 0 Å². The van der Waals surface area contributed by atoms with E-state index in [0.29, 0.717) is 5.69 Å². The van der Waals surface area contributed by atoms with E-state index in [4.69, 9.17) is 11.0 Å². The molecular formula is C12H10N4O. The topological polar surface area (TPSA) is 84.7 Å². The SMILES string of the molecule is N#CCn1nc(-c2ccccc2)cc1C(N)=O. The molecule has 2 N–H and O–H groups in total. The lowest BCUT2D eigenvalue weighted by Crippen LogP contribution is -2.17. The molecular weight excluding hydrogens is 216 g/mol. The van der Waals surface area contributed by atoms with Crippen LogP contribution in [0.25, 0.3) is 11.3 Å². The summed E-state index contributed by atoms with van der Waals surface area (Å²) < 4.78 is 1.31. The van der Waals surface area contributed by atoms with Gasteiger partial charge in [-0.2, -0.15) is 10.4 Å². The van der Waals surface area contributed by atoms with Gasteiger partial charge in [0.25, 0.3) is 5.91 Å². The number of benzene rings is 1. The number of nitrogens with two attached hydrogens (primary N) is 1. The highest BCUT2D eigenvalue weighted by Gasteiger charge is 2.13. The molecule has 2 rings (SSSR count). The zero-order chi connectivity index (χ0) is 12.3. The first-order valence-electron chi connectivity index (χ1n) is 5.02. The number of aromatic nitrogens is 2. The van der Waals surface area contributed by atoms with Crippen LogP contribution >= 0.6 is 0 Å². The van der Waals surface area contributed by atoms with Crippen LogP contribution in [0.4, 0.5) is 0 Å². The van der Waals surface area contributed by atoms with Gasteiger partial charge in [-0.25, -0.2) is 4.68 Å². The van der Waals surface area contributed by atoms with Crippen molar-refractivity contribution < 1.29 is 4.79 Å². The zero-order valence-electron chi connectivity index (χ0n) is 9.00. The van der Waals surface area contributed by atoms with Crippen LogP contribution in [0.3, 0.4) is 0 Å². The third-order valence-electron chi connectivity index (χ3n) is 2.32. The summed E-state index contributed by atoms with van der Waals surface area (Å²) in [5.41, 5.74) is 6.98. The van der Waals surface area contributed by atoms with Crippen LogP contribution in [-0.4, -0.2) is 15.7 Å². The fourth-order valence-corrected chi connectivity index (χ4v) is 1.55. The molecule has 1 aromatic heterocycles. The molecule has 0 radical (unpaired) electrons. The summed E-state index contributed by atoms with van der Waals surface area (Å²) in [6, 6.07) is 12.9. The third-order valence-corrected chi connectivity index (χ3v) is 2.32. The maximum atomic E-state index is 11.2.